The highest BCUT2D eigenvalue weighted by Gasteiger charge is 2.26. The van der Waals surface area contributed by atoms with Crippen LogP contribution in [0.2, 0.25) is 0 Å². The summed E-state index contributed by atoms with van der Waals surface area (Å²) >= 11 is 11.8. The molecule has 0 aliphatic carbocycles. The molecule has 0 fully saturated rings. The van der Waals surface area contributed by atoms with Crippen LogP contribution in [0.1, 0.15) is 22.9 Å². The smallest absolute Gasteiger partial charge is 0.177 e. The Morgan fingerprint density at radius 1 is 1.24 bits per heavy atom. The third-order valence-electron chi connectivity index (χ3n) is 5.02. The van der Waals surface area contributed by atoms with Crippen LogP contribution in [0.5, 0.6) is 5.75 Å². The Balaban J connectivity index is 1.47. The van der Waals surface area contributed by atoms with Crippen molar-refractivity contribution in [3.63, 3.8) is 0 Å². The van der Waals surface area contributed by atoms with Gasteiger partial charge in [-0.25, -0.2) is 13.2 Å². The molecule has 4 nitrogen and oxygen atoms in total. The van der Waals surface area contributed by atoms with E-state index >= 15 is 0 Å². The van der Waals surface area contributed by atoms with Crippen LogP contribution in [-0.4, -0.2) is 27.1 Å². The van der Waals surface area contributed by atoms with Crippen molar-refractivity contribution in [2.45, 2.75) is 25.4 Å². The molecule has 4 rings (SSSR count). The van der Waals surface area contributed by atoms with Gasteiger partial charge in [-0.05, 0) is 35.6 Å². The molecule has 0 bridgehead atoms. The fraction of sp³-hybridized carbons (Fsp3) is 0.286. The lowest BCUT2D eigenvalue weighted by Crippen LogP contribution is -2.27. The zero-order valence-corrected chi connectivity index (χ0v) is 17.1. The van der Waals surface area contributed by atoms with Crippen molar-refractivity contribution in [1.82, 2.24) is 14.0 Å². The Labute approximate surface area is 177 Å². The second kappa shape index (κ2) is 8.65. The van der Waals surface area contributed by atoms with Gasteiger partial charge in [-0.2, -0.15) is 0 Å². The standard InChI is InChI=1S/C21H20ClF2N3OS/c22-26(12-14-4-2-1-3-5-14)7-6-17-11-25-21(29)27(17)18-9-15-8-16(23)10-19(24)20(15)28-13-18/h1-5,8,10-11,18H,6-7,9,12-13H2,(H,25,29)/t18-/m1/s1. The van der Waals surface area contributed by atoms with Gasteiger partial charge in [0.2, 0.25) is 0 Å². The van der Waals surface area contributed by atoms with Gasteiger partial charge in [-0.15, -0.1) is 0 Å². The molecule has 152 valence electrons. The van der Waals surface area contributed by atoms with Crippen LogP contribution >= 0.6 is 24.0 Å². The van der Waals surface area contributed by atoms with Crippen LogP contribution in [0, 0.1) is 16.4 Å². The van der Waals surface area contributed by atoms with Crippen molar-refractivity contribution in [3.8, 4) is 5.75 Å². The molecule has 1 atom stereocenters. The van der Waals surface area contributed by atoms with Crippen molar-refractivity contribution >= 4 is 24.0 Å². The molecule has 0 radical (unpaired) electrons. The first-order valence-corrected chi connectivity index (χ1v) is 10.1. The summed E-state index contributed by atoms with van der Waals surface area (Å²) in [5, 5.41) is 0. The summed E-state index contributed by atoms with van der Waals surface area (Å²) in [6.45, 7) is 1.52. The van der Waals surface area contributed by atoms with Crippen LogP contribution in [-0.2, 0) is 19.4 Å². The number of ether oxygens (including phenoxy) is 1. The van der Waals surface area contributed by atoms with E-state index in [0.717, 1.165) is 17.3 Å². The zero-order chi connectivity index (χ0) is 20.4. The van der Waals surface area contributed by atoms with Crippen LogP contribution in [0.15, 0.2) is 48.7 Å². The molecule has 1 N–H and O–H groups in total. The van der Waals surface area contributed by atoms with E-state index in [-0.39, 0.29) is 18.4 Å². The van der Waals surface area contributed by atoms with Crippen molar-refractivity contribution < 1.29 is 13.5 Å². The normalized spacial score (nSPS) is 15.9. The zero-order valence-electron chi connectivity index (χ0n) is 15.6. The molecule has 1 aliphatic heterocycles. The molecule has 0 saturated carbocycles. The van der Waals surface area contributed by atoms with Crippen molar-refractivity contribution in [3.05, 3.63) is 81.9 Å². The van der Waals surface area contributed by atoms with Crippen molar-refractivity contribution in [2.24, 2.45) is 0 Å². The predicted octanol–water partition coefficient (Wildman–Crippen LogP) is 5.20. The lowest BCUT2D eigenvalue weighted by Gasteiger charge is -2.28. The van der Waals surface area contributed by atoms with Gasteiger partial charge in [0.1, 0.15) is 12.4 Å². The maximum Gasteiger partial charge on any atom is 0.177 e. The molecule has 0 spiro atoms. The lowest BCUT2D eigenvalue weighted by molar-refractivity contribution is 0.210. The third-order valence-corrected chi connectivity index (χ3v) is 5.63. The predicted molar refractivity (Wildman–Crippen MR) is 111 cm³/mol. The van der Waals surface area contributed by atoms with Gasteiger partial charge < -0.3 is 14.3 Å². The minimum absolute atomic E-state index is 0.126. The SMILES string of the molecule is Fc1cc(F)c2c(c1)C[C@@H](n1c(CCN(Cl)Cc3ccccc3)c[nH]c1=S)CO2. The Morgan fingerprint density at radius 3 is 2.83 bits per heavy atom. The number of hydrogen-bond donors (Lipinski definition) is 1. The molecule has 2 aromatic carbocycles. The number of imidazole rings is 1. The van der Waals surface area contributed by atoms with E-state index in [9.17, 15) is 8.78 Å². The molecule has 0 amide bonds. The number of rotatable bonds is 6. The number of aromatic amines is 1. The van der Waals surface area contributed by atoms with E-state index in [4.69, 9.17) is 28.7 Å². The average Bonchev–Trinajstić information content (AvgIpc) is 3.07. The van der Waals surface area contributed by atoms with E-state index in [2.05, 4.69) is 4.98 Å². The Morgan fingerprint density at radius 2 is 2.03 bits per heavy atom. The average molecular weight is 436 g/mol. The Hall–Kier alpha value is -2.22. The Kier molecular flexibility index (Phi) is 5.99. The number of nitrogens with one attached hydrogen (secondary N) is 1. The molecular formula is C21H20ClF2N3OS. The Bertz CT molecular complexity index is 1050. The molecule has 3 aromatic rings. The lowest BCUT2D eigenvalue weighted by atomic mass is 10.0. The molecule has 1 aromatic heterocycles. The first-order chi connectivity index (χ1) is 14.0. The number of hydrogen-bond acceptors (Lipinski definition) is 3. The second-order valence-corrected chi connectivity index (χ2v) is 7.94. The van der Waals surface area contributed by atoms with Crippen LogP contribution < -0.4 is 4.74 Å². The number of nitrogens with zero attached hydrogens (tertiary/aromatic N) is 2. The summed E-state index contributed by atoms with van der Waals surface area (Å²) in [5.74, 6) is -1.15. The van der Waals surface area contributed by atoms with E-state index in [1.54, 1.807) is 4.42 Å². The van der Waals surface area contributed by atoms with Crippen LogP contribution in [0.4, 0.5) is 8.78 Å². The summed E-state index contributed by atoms with van der Waals surface area (Å²) in [7, 11) is 0. The fourth-order valence-corrected chi connectivity index (χ4v) is 4.24. The summed E-state index contributed by atoms with van der Waals surface area (Å²) in [4.78, 5) is 3.07. The number of fused-ring (bicyclic) bond motifs is 1. The highest BCUT2D eigenvalue weighted by atomic mass is 35.5. The van der Waals surface area contributed by atoms with E-state index in [1.165, 1.54) is 6.07 Å². The van der Waals surface area contributed by atoms with Gasteiger partial charge in [-0.3, -0.25) is 0 Å². The summed E-state index contributed by atoms with van der Waals surface area (Å²) in [6, 6.07) is 12.0. The first-order valence-electron chi connectivity index (χ1n) is 9.35. The number of H-pyrrole nitrogens is 1. The molecule has 0 saturated heterocycles. The van der Waals surface area contributed by atoms with E-state index < -0.39 is 11.6 Å². The number of aromatic nitrogens is 2. The summed E-state index contributed by atoms with van der Waals surface area (Å²) in [5.41, 5.74) is 2.62. The first kappa shape index (κ1) is 20.1. The van der Waals surface area contributed by atoms with Gasteiger partial charge in [-0.1, -0.05) is 30.3 Å². The molecule has 1 aliphatic rings. The van der Waals surface area contributed by atoms with Gasteiger partial charge >= 0.3 is 0 Å². The van der Waals surface area contributed by atoms with Crippen LogP contribution in [0.3, 0.4) is 0 Å². The monoisotopic (exact) mass is 435 g/mol. The minimum Gasteiger partial charge on any atom is -0.488 e. The highest BCUT2D eigenvalue weighted by Crippen LogP contribution is 2.33. The topological polar surface area (TPSA) is 33.2 Å². The molecule has 0 unspecified atom stereocenters. The maximum atomic E-state index is 13.9. The molecule has 2 heterocycles. The minimum atomic E-state index is -0.671. The van der Waals surface area contributed by atoms with E-state index in [1.807, 2.05) is 41.1 Å². The van der Waals surface area contributed by atoms with Gasteiger partial charge in [0.25, 0.3) is 0 Å². The number of halogens is 3. The summed E-state index contributed by atoms with van der Waals surface area (Å²) in [6.07, 6.45) is 2.97. The second-order valence-electron chi connectivity index (χ2n) is 7.08. The highest BCUT2D eigenvalue weighted by molar-refractivity contribution is 7.71. The largest absolute Gasteiger partial charge is 0.488 e. The third kappa shape index (κ3) is 4.52. The fourth-order valence-electron chi connectivity index (χ4n) is 3.69. The van der Waals surface area contributed by atoms with Gasteiger partial charge in [0, 0.05) is 49.5 Å². The van der Waals surface area contributed by atoms with E-state index in [0.29, 0.717) is 36.3 Å². The quantitative estimate of drug-likeness (QED) is 0.427. The van der Waals surface area contributed by atoms with Crippen molar-refractivity contribution in [2.75, 3.05) is 13.2 Å². The summed E-state index contributed by atoms with van der Waals surface area (Å²) < 4.78 is 37.4. The molecular weight excluding hydrogens is 416 g/mol. The van der Waals surface area contributed by atoms with Crippen LogP contribution in [0.25, 0.3) is 0 Å². The number of benzene rings is 2. The maximum absolute atomic E-state index is 13.9. The van der Waals surface area contributed by atoms with Crippen molar-refractivity contribution in [1.29, 1.82) is 0 Å². The van der Waals surface area contributed by atoms with Gasteiger partial charge in [0.15, 0.2) is 16.3 Å². The molecule has 29 heavy (non-hydrogen) atoms. The molecule has 8 heteroatoms. The van der Waals surface area contributed by atoms with Gasteiger partial charge in [0.05, 0.1) is 6.04 Å².